The van der Waals surface area contributed by atoms with Gasteiger partial charge in [0, 0.05) is 41.4 Å². The number of allylic oxidation sites excluding steroid dienone is 4. The topological polar surface area (TPSA) is 118 Å². The number of halogens is 6. The van der Waals surface area contributed by atoms with Crippen molar-refractivity contribution in [2.24, 2.45) is 0 Å². The molecule has 49 heavy (non-hydrogen) atoms. The number of cyclic esters (lactones) is 1. The number of amides is 1. The summed E-state index contributed by atoms with van der Waals surface area (Å²) in [5.74, 6) is -0.687. The molecule has 2 aromatic heterocycles. The van der Waals surface area contributed by atoms with E-state index in [1.807, 2.05) is 4.90 Å². The van der Waals surface area contributed by atoms with E-state index in [-0.39, 0.29) is 18.0 Å². The molecule has 3 aromatic rings. The third-order valence-corrected chi connectivity index (χ3v) is 8.58. The number of aromatic carboxylic acids is 1. The van der Waals surface area contributed by atoms with Crippen LogP contribution in [0.4, 0.5) is 37.0 Å². The first kappa shape index (κ1) is 33.6. The summed E-state index contributed by atoms with van der Waals surface area (Å²) in [5.41, 5.74) is -0.916. The maximum absolute atomic E-state index is 13.7. The molecule has 0 saturated carbocycles. The molecule has 2 fully saturated rings. The van der Waals surface area contributed by atoms with Gasteiger partial charge in [0.25, 0.3) is 0 Å². The molecule has 10 nitrogen and oxygen atoms in total. The molecule has 3 aliphatic rings. The van der Waals surface area contributed by atoms with Crippen molar-refractivity contribution in [3.05, 3.63) is 82.8 Å². The zero-order valence-corrected chi connectivity index (χ0v) is 25.9. The fraction of sp³-hybridized carbons (Fsp3) is 0.333. The number of carbonyl (C=O) groups is 2. The highest BCUT2D eigenvalue weighted by Crippen LogP contribution is 2.41. The van der Waals surface area contributed by atoms with Crippen LogP contribution in [-0.2, 0) is 11.3 Å². The number of carboxylic acid groups (broad SMARTS) is 1. The average Bonchev–Trinajstić information content (AvgIpc) is 3.52. The Labute approximate surface area is 274 Å². The number of rotatable bonds is 8. The lowest BCUT2D eigenvalue weighted by molar-refractivity contribution is -0.0945. The minimum Gasteiger partial charge on any atom is -0.496 e. The van der Waals surface area contributed by atoms with Crippen LogP contribution in [0.2, 0.25) is 0 Å². The van der Waals surface area contributed by atoms with E-state index >= 15 is 0 Å². The zero-order chi connectivity index (χ0) is 35.2. The Morgan fingerprint density at radius 3 is 2.41 bits per heavy atom. The van der Waals surface area contributed by atoms with E-state index in [1.54, 1.807) is 30.3 Å². The van der Waals surface area contributed by atoms with Crippen LogP contribution >= 0.6 is 0 Å². The summed E-state index contributed by atoms with van der Waals surface area (Å²) in [5, 5.41) is 13.1. The van der Waals surface area contributed by atoms with Crippen molar-refractivity contribution in [2.75, 3.05) is 25.1 Å². The fourth-order valence-electron chi connectivity index (χ4n) is 5.81. The lowest BCUT2D eigenvalue weighted by atomic mass is 9.97. The van der Waals surface area contributed by atoms with Gasteiger partial charge < -0.3 is 24.0 Å². The number of hydrogen-bond acceptors (Lipinski definition) is 8. The first-order valence-corrected chi connectivity index (χ1v) is 15.0. The number of pyridine rings is 1. The molecule has 0 spiro atoms. The first-order chi connectivity index (χ1) is 23.1. The van der Waals surface area contributed by atoms with Gasteiger partial charge in [0.1, 0.15) is 23.4 Å². The minimum atomic E-state index is -4.93. The molecule has 2 aliphatic heterocycles. The van der Waals surface area contributed by atoms with E-state index in [2.05, 4.69) is 5.16 Å². The summed E-state index contributed by atoms with van der Waals surface area (Å²) in [7, 11) is 1.44. The van der Waals surface area contributed by atoms with Crippen molar-refractivity contribution in [3.8, 4) is 28.1 Å². The lowest BCUT2D eigenvalue weighted by Gasteiger charge is -2.33. The second-order valence-corrected chi connectivity index (χ2v) is 11.6. The lowest BCUT2D eigenvalue weighted by Crippen LogP contribution is -2.38. The largest absolute Gasteiger partial charge is 0.496 e. The van der Waals surface area contributed by atoms with E-state index in [0.29, 0.717) is 52.2 Å². The molecule has 4 heterocycles. The minimum absolute atomic E-state index is 0.223. The van der Waals surface area contributed by atoms with Crippen LogP contribution in [0.3, 0.4) is 0 Å². The van der Waals surface area contributed by atoms with Gasteiger partial charge in [0.15, 0.2) is 0 Å². The molecule has 0 unspecified atom stereocenters. The number of hydrogen-bond donors (Lipinski definition) is 1. The van der Waals surface area contributed by atoms with Crippen LogP contribution in [0.5, 0.6) is 5.75 Å². The predicted molar refractivity (Wildman–Crippen MR) is 162 cm³/mol. The Morgan fingerprint density at radius 1 is 1.04 bits per heavy atom. The first-order valence-electron chi connectivity index (χ1n) is 15.0. The number of nitrogens with zero attached hydrogens (tertiary/aromatic N) is 4. The standard InChI is InChI=1S/C33H28F6N4O6/c1-17-29(19-12-20(32(34,35)36)5-6-21(13-19)33(37,38)39)48-31(46)43(17)16-25-22(7-9-28(40-25)42-10-3-11-42)23-14-18(4-8-26(23)47-2)24-15-27(30(44)45)49-41-24/h4-5,7-9,12-15,17,29H,3,6,10-11,16H2,1-2H3,(H,44,45)/t17-,29-/m0/s1. The second kappa shape index (κ2) is 12.6. The highest BCUT2D eigenvalue weighted by atomic mass is 19.4. The molecule has 1 aliphatic carbocycles. The summed E-state index contributed by atoms with van der Waals surface area (Å²) in [6.07, 6.45) is -10.6. The van der Waals surface area contributed by atoms with Crippen LogP contribution in [0.15, 0.2) is 75.9 Å². The zero-order valence-electron chi connectivity index (χ0n) is 25.9. The van der Waals surface area contributed by atoms with E-state index < -0.39 is 59.7 Å². The highest BCUT2D eigenvalue weighted by molar-refractivity contribution is 5.86. The Kier molecular flexibility index (Phi) is 8.67. The van der Waals surface area contributed by atoms with Gasteiger partial charge in [-0.25, -0.2) is 14.6 Å². The molecule has 2 atom stereocenters. The summed E-state index contributed by atoms with van der Waals surface area (Å²) >= 11 is 0. The highest BCUT2D eigenvalue weighted by Gasteiger charge is 2.44. The molecular weight excluding hydrogens is 662 g/mol. The van der Waals surface area contributed by atoms with E-state index in [9.17, 15) is 41.0 Å². The molecule has 1 aromatic carbocycles. The number of aromatic nitrogens is 2. The Balaban J connectivity index is 1.39. The SMILES string of the molecule is COc1ccc(-c2cc(C(=O)O)on2)cc1-c1ccc(N2CCC2)nc1CN1C(=O)O[C@H](C2=CC(C(F)(F)F)=CCC(C(F)(F)F)=C2)[C@@H]1C. The number of ether oxygens (including phenoxy) is 2. The van der Waals surface area contributed by atoms with Gasteiger partial charge in [-0.15, -0.1) is 0 Å². The van der Waals surface area contributed by atoms with Gasteiger partial charge >= 0.3 is 24.4 Å². The van der Waals surface area contributed by atoms with E-state index in [0.717, 1.165) is 19.5 Å². The molecule has 6 rings (SSSR count). The van der Waals surface area contributed by atoms with Gasteiger partial charge in [-0.2, -0.15) is 26.3 Å². The number of anilines is 1. The maximum atomic E-state index is 13.7. The number of benzene rings is 1. The van der Waals surface area contributed by atoms with Crippen molar-refractivity contribution in [1.82, 2.24) is 15.0 Å². The Hall–Kier alpha value is -5.28. The van der Waals surface area contributed by atoms with Gasteiger partial charge in [0.05, 0.1) is 31.0 Å². The number of carbonyl (C=O) groups excluding carboxylic acids is 1. The molecule has 1 N–H and O–H groups in total. The van der Waals surface area contributed by atoms with E-state index in [4.69, 9.17) is 19.0 Å². The van der Waals surface area contributed by atoms with Gasteiger partial charge in [0.2, 0.25) is 5.76 Å². The molecular formula is C33H28F6N4O6. The summed E-state index contributed by atoms with van der Waals surface area (Å²) in [4.78, 5) is 32.7. The van der Waals surface area contributed by atoms with Crippen molar-refractivity contribution < 1.29 is 55.0 Å². The Morgan fingerprint density at radius 2 is 1.80 bits per heavy atom. The molecule has 2 saturated heterocycles. The average molecular weight is 691 g/mol. The number of methoxy groups -OCH3 is 1. The van der Waals surface area contributed by atoms with Crippen LogP contribution in [-0.4, -0.2) is 76.9 Å². The van der Waals surface area contributed by atoms with Crippen LogP contribution < -0.4 is 9.64 Å². The smallest absolute Gasteiger partial charge is 0.416 e. The quantitative estimate of drug-likeness (QED) is 0.242. The third-order valence-electron chi connectivity index (χ3n) is 8.58. The molecule has 0 bridgehead atoms. The van der Waals surface area contributed by atoms with Crippen LogP contribution in [0, 0.1) is 0 Å². The van der Waals surface area contributed by atoms with Crippen molar-refractivity contribution in [2.45, 2.75) is 50.8 Å². The van der Waals surface area contributed by atoms with Gasteiger partial charge in [-0.1, -0.05) is 11.2 Å². The Bertz CT molecular complexity index is 1890. The maximum Gasteiger partial charge on any atom is 0.416 e. The summed E-state index contributed by atoms with van der Waals surface area (Å²) in [6, 6.07) is 8.74. The second-order valence-electron chi connectivity index (χ2n) is 11.6. The predicted octanol–water partition coefficient (Wildman–Crippen LogP) is 7.34. The van der Waals surface area contributed by atoms with E-state index in [1.165, 1.54) is 25.0 Å². The summed E-state index contributed by atoms with van der Waals surface area (Å²) in [6.45, 7) is 2.73. The monoisotopic (exact) mass is 690 g/mol. The fourth-order valence-corrected chi connectivity index (χ4v) is 5.81. The van der Waals surface area contributed by atoms with Gasteiger partial charge in [-0.3, -0.25) is 4.90 Å². The molecule has 1 amide bonds. The van der Waals surface area contributed by atoms with Crippen LogP contribution in [0.25, 0.3) is 22.4 Å². The number of alkyl halides is 6. The molecule has 0 radical (unpaired) electrons. The summed E-state index contributed by atoms with van der Waals surface area (Å²) < 4.78 is 98.4. The van der Waals surface area contributed by atoms with Crippen molar-refractivity contribution in [3.63, 3.8) is 0 Å². The van der Waals surface area contributed by atoms with Crippen molar-refractivity contribution in [1.29, 1.82) is 0 Å². The normalized spacial score (nSPS) is 19.8. The molecule has 258 valence electrons. The third kappa shape index (κ3) is 6.71. The van der Waals surface area contributed by atoms with Crippen LogP contribution in [0.1, 0.15) is 36.0 Å². The van der Waals surface area contributed by atoms with Crippen molar-refractivity contribution >= 4 is 17.9 Å². The number of carboxylic acids is 1. The molecule has 16 heteroatoms. The van der Waals surface area contributed by atoms with Gasteiger partial charge in [-0.05, 0) is 67.8 Å².